The van der Waals surface area contributed by atoms with Crippen molar-refractivity contribution in [1.29, 1.82) is 0 Å². The lowest BCUT2D eigenvalue weighted by atomic mass is 10.1. The minimum absolute atomic E-state index is 0.0547. The highest BCUT2D eigenvalue weighted by molar-refractivity contribution is 5.98. The predicted molar refractivity (Wildman–Crippen MR) is 107 cm³/mol. The summed E-state index contributed by atoms with van der Waals surface area (Å²) in [6.07, 6.45) is 2.20. The highest BCUT2D eigenvalue weighted by atomic mass is 16.5. The number of nitrogens with one attached hydrogen (secondary N) is 1. The maximum Gasteiger partial charge on any atom is 0.269 e. The van der Waals surface area contributed by atoms with E-state index < -0.39 is 0 Å². The summed E-state index contributed by atoms with van der Waals surface area (Å²) in [5.41, 5.74) is 1.83. The smallest absolute Gasteiger partial charge is 0.269 e. The Balaban J connectivity index is 1.56. The van der Waals surface area contributed by atoms with Crippen molar-refractivity contribution in [3.8, 4) is 5.75 Å². The van der Waals surface area contributed by atoms with Crippen molar-refractivity contribution in [2.24, 2.45) is 0 Å². The molecule has 148 valence electrons. The number of hydrogen-bond donors (Lipinski definition) is 1. The molecule has 2 aromatic rings. The normalized spacial score (nSPS) is 14.6. The van der Waals surface area contributed by atoms with Gasteiger partial charge in [0.2, 0.25) is 0 Å². The van der Waals surface area contributed by atoms with Crippen LogP contribution in [-0.4, -0.2) is 73.5 Å². The van der Waals surface area contributed by atoms with Crippen LogP contribution in [0.5, 0.6) is 5.75 Å². The van der Waals surface area contributed by atoms with Crippen LogP contribution < -0.4 is 10.1 Å². The molecule has 1 fully saturated rings. The molecule has 28 heavy (non-hydrogen) atoms. The van der Waals surface area contributed by atoms with Crippen LogP contribution in [-0.2, 0) is 6.42 Å². The van der Waals surface area contributed by atoms with Crippen LogP contribution in [0.1, 0.15) is 26.4 Å². The standard InChI is InChI=1S/C21H26N4O3/c1-24-10-12-25(13-11-24)21(27)17-7-9-22-19(15-17)20(26)23-8-6-16-4-3-5-18(14-16)28-2/h3-5,7,9,14-15H,6,8,10-13H2,1-2H3,(H,23,26). The number of likely N-dealkylation sites (N-methyl/N-ethyl adjacent to an activating group) is 1. The Morgan fingerprint density at radius 1 is 1.14 bits per heavy atom. The Bertz CT molecular complexity index is 832. The van der Waals surface area contributed by atoms with Crippen LogP contribution in [0.2, 0.25) is 0 Å². The summed E-state index contributed by atoms with van der Waals surface area (Å²) in [4.78, 5) is 33.2. The summed E-state index contributed by atoms with van der Waals surface area (Å²) in [5.74, 6) is 0.456. The molecule has 7 heteroatoms. The lowest BCUT2D eigenvalue weighted by molar-refractivity contribution is 0.0664. The summed E-state index contributed by atoms with van der Waals surface area (Å²) in [5, 5.41) is 2.86. The van der Waals surface area contributed by atoms with Crippen molar-refractivity contribution in [1.82, 2.24) is 20.1 Å². The van der Waals surface area contributed by atoms with Gasteiger partial charge in [-0.05, 0) is 43.3 Å². The zero-order chi connectivity index (χ0) is 19.9. The number of methoxy groups -OCH3 is 1. The summed E-state index contributed by atoms with van der Waals surface area (Å²) >= 11 is 0. The average Bonchev–Trinajstić information content (AvgIpc) is 2.74. The van der Waals surface area contributed by atoms with Gasteiger partial charge in [0.05, 0.1) is 7.11 Å². The maximum absolute atomic E-state index is 12.7. The molecule has 1 aromatic carbocycles. The third kappa shape index (κ3) is 5.07. The number of carbonyl (C=O) groups is 2. The molecular formula is C21H26N4O3. The lowest BCUT2D eigenvalue weighted by Gasteiger charge is -2.32. The molecule has 0 bridgehead atoms. The van der Waals surface area contributed by atoms with E-state index in [0.29, 0.717) is 31.6 Å². The number of rotatable bonds is 6. The van der Waals surface area contributed by atoms with E-state index in [2.05, 4.69) is 15.2 Å². The van der Waals surface area contributed by atoms with Crippen LogP contribution in [0.15, 0.2) is 42.6 Å². The maximum atomic E-state index is 12.7. The minimum Gasteiger partial charge on any atom is -0.497 e. The van der Waals surface area contributed by atoms with Gasteiger partial charge >= 0.3 is 0 Å². The number of piperazine rings is 1. The van der Waals surface area contributed by atoms with E-state index in [1.807, 2.05) is 36.2 Å². The molecule has 1 N–H and O–H groups in total. The number of carbonyl (C=O) groups excluding carboxylic acids is 2. The molecule has 1 saturated heterocycles. The van der Waals surface area contributed by atoms with Gasteiger partial charge in [0, 0.05) is 44.5 Å². The molecule has 0 unspecified atom stereocenters. The Morgan fingerprint density at radius 3 is 2.68 bits per heavy atom. The van der Waals surface area contributed by atoms with Gasteiger partial charge in [0.15, 0.2) is 0 Å². The van der Waals surface area contributed by atoms with Gasteiger partial charge in [-0.25, -0.2) is 0 Å². The van der Waals surface area contributed by atoms with E-state index >= 15 is 0 Å². The molecule has 0 aliphatic carbocycles. The van der Waals surface area contributed by atoms with Crippen molar-refractivity contribution in [3.05, 3.63) is 59.4 Å². The van der Waals surface area contributed by atoms with Crippen molar-refractivity contribution < 1.29 is 14.3 Å². The first kappa shape index (κ1) is 19.8. The van der Waals surface area contributed by atoms with Crippen LogP contribution in [0.4, 0.5) is 0 Å². The lowest BCUT2D eigenvalue weighted by Crippen LogP contribution is -2.47. The second-order valence-corrected chi connectivity index (χ2v) is 6.88. The Kier molecular flexibility index (Phi) is 6.60. The van der Waals surface area contributed by atoms with Crippen LogP contribution in [0.3, 0.4) is 0 Å². The summed E-state index contributed by atoms with van der Waals surface area (Å²) < 4.78 is 5.21. The first-order valence-corrected chi connectivity index (χ1v) is 9.42. The molecule has 0 spiro atoms. The van der Waals surface area contributed by atoms with Crippen LogP contribution in [0.25, 0.3) is 0 Å². The molecule has 0 saturated carbocycles. The first-order valence-electron chi connectivity index (χ1n) is 9.42. The highest BCUT2D eigenvalue weighted by Gasteiger charge is 2.21. The van der Waals surface area contributed by atoms with Crippen molar-refractivity contribution in [2.75, 3.05) is 46.9 Å². The van der Waals surface area contributed by atoms with Gasteiger partial charge in [-0.1, -0.05) is 12.1 Å². The molecule has 2 amide bonds. The second kappa shape index (κ2) is 9.32. The largest absolute Gasteiger partial charge is 0.497 e. The first-order chi connectivity index (χ1) is 13.6. The number of aromatic nitrogens is 1. The summed E-state index contributed by atoms with van der Waals surface area (Å²) in [7, 11) is 3.67. The Morgan fingerprint density at radius 2 is 1.93 bits per heavy atom. The SMILES string of the molecule is COc1cccc(CCNC(=O)c2cc(C(=O)N3CCN(C)CC3)ccn2)c1. The predicted octanol–water partition coefficient (Wildman–Crippen LogP) is 1.45. The Hall–Kier alpha value is -2.93. The molecule has 7 nitrogen and oxygen atoms in total. The van der Waals surface area contributed by atoms with E-state index in [1.54, 1.807) is 19.2 Å². The molecule has 1 aliphatic rings. The van der Waals surface area contributed by atoms with Gasteiger partial charge < -0.3 is 19.9 Å². The molecule has 0 radical (unpaired) electrons. The molecule has 3 rings (SSSR count). The third-order valence-corrected chi connectivity index (χ3v) is 4.86. The summed E-state index contributed by atoms with van der Waals surface area (Å²) in [6, 6.07) is 11.0. The number of hydrogen-bond acceptors (Lipinski definition) is 5. The van der Waals surface area contributed by atoms with E-state index in [4.69, 9.17) is 4.74 Å². The number of benzene rings is 1. The monoisotopic (exact) mass is 382 g/mol. The number of ether oxygens (including phenoxy) is 1. The molecule has 0 atom stereocenters. The minimum atomic E-state index is -0.282. The number of pyridine rings is 1. The second-order valence-electron chi connectivity index (χ2n) is 6.88. The van der Waals surface area contributed by atoms with Crippen LogP contribution >= 0.6 is 0 Å². The fourth-order valence-electron chi connectivity index (χ4n) is 3.12. The van der Waals surface area contributed by atoms with E-state index in [-0.39, 0.29) is 17.5 Å². The molecular weight excluding hydrogens is 356 g/mol. The van der Waals surface area contributed by atoms with Crippen LogP contribution in [0, 0.1) is 0 Å². The van der Waals surface area contributed by atoms with E-state index in [9.17, 15) is 9.59 Å². The Labute approximate surface area is 165 Å². The van der Waals surface area contributed by atoms with Crippen molar-refractivity contribution >= 4 is 11.8 Å². The molecule has 2 heterocycles. The number of nitrogens with zero attached hydrogens (tertiary/aromatic N) is 3. The molecule has 1 aromatic heterocycles. The fraction of sp³-hybridized carbons (Fsp3) is 0.381. The van der Waals surface area contributed by atoms with E-state index in [1.165, 1.54) is 6.20 Å². The average molecular weight is 382 g/mol. The quantitative estimate of drug-likeness (QED) is 0.819. The van der Waals surface area contributed by atoms with E-state index in [0.717, 1.165) is 24.4 Å². The highest BCUT2D eigenvalue weighted by Crippen LogP contribution is 2.13. The fourth-order valence-corrected chi connectivity index (χ4v) is 3.12. The third-order valence-electron chi connectivity index (χ3n) is 4.86. The summed E-state index contributed by atoms with van der Waals surface area (Å²) in [6.45, 7) is 3.58. The zero-order valence-electron chi connectivity index (χ0n) is 16.4. The van der Waals surface area contributed by atoms with Gasteiger partial charge in [-0.2, -0.15) is 0 Å². The number of amides is 2. The van der Waals surface area contributed by atoms with Gasteiger partial charge in [-0.15, -0.1) is 0 Å². The topological polar surface area (TPSA) is 74.8 Å². The molecule has 1 aliphatic heterocycles. The van der Waals surface area contributed by atoms with Gasteiger partial charge in [-0.3, -0.25) is 14.6 Å². The van der Waals surface area contributed by atoms with Crippen molar-refractivity contribution in [3.63, 3.8) is 0 Å². The van der Waals surface area contributed by atoms with Gasteiger partial charge in [0.25, 0.3) is 11.8 Å². The van der Waals surface area contributed by atoms with Gasteiger partial charge in [0.1, 0.15) is 11.4 Å². The van der Waals surface area contributed by atoms with Crippen molar-refractivity contribution in [2.45, 2.75) is 6.42 Å². The zero-order valence-corrected chi connectivity index (χ0v) is 16.4.